The summed E-state index contributed by atoms with van der Waals surface area (Å²) in [6, 6.07) is 25.6. The van der Waals surface area contributed by atoms with Gasteiger partial charge in [0.1, 0.15) is 12.1 Å². The SMILES string of the molecule is C[C@@H]1CN(C)[C@@]2(c3ccccc3-c3nc4ccccc4nc32)[C@H]1C(=O)N1C(=O)OC[C@@H]1Cc1ccccc1. The van der Waals surface area contributed by atoms with E-state index in [1.807, 2.05) is 66.7 Å². The average Bonchev–Trinajstić information content (AvgIpc) is 3.53. The molecule has 0 unspecified atom stereocenters. The molecule has 4 aromatic rings. The van der Waals surface area contributed by atoms with E-state index in [-0.39, 0.29) is 24.5 Å². The lowest BCUT2D eigenvalue weighted by Crippen LogP contribution is -2.53. The summed E-state index contributed by atoms with van der Waals surface area (Å²) in [7, 11) is 2.05. The first-order valence-corrected chi connectivity index (χ1v) is 13.1. The smallest absolute Gasteiger partial charge is 0.416 e. The fourth-order valence-corrected chi connectivity index (χ4v) is 6.97. The number of benzene rings is 3. The number of carbonyl (C=O) groups excluding carboxylic acids is 2. The molecule has 0 radical (unpaired) electrons. The molecule has 2 fully saturated rings. The number of hydrogen-bond acceptors (Lipinski definition) is 6. The minimum atomic E-state index is -0.834. The predicted octanol–water partition coefficient (Wildman–Crippen LogP) is 4.64. The Kier molecular flexibility index (Phi) is 5.13. The zero-order valence-corrected chi connectivity index (χ0v) is 21.4. The summed E-state index contributed by atoms with van der Waals surface area (Å²) in [5.74, 6) is -0.761. The van der Waals surface area contributed by atoms with Gasteiger partial charge < -0.3 is 4.74 Å². The van der Waals surface area contributed by atoms with Gasteiger partial charge in [0.25, 0.3) is 0 Å². The highest BCUT2D eigenvalue weighted by molar-refractivity contribution is 5.98. The summed E-state index contributed by atoms with van der Waals surface area (Å²) in [4.78, 5) is 41.5. The van der Waals surface area contributed by atoms with E-state index in [2.05, 4.69) is 31.0 Å². The number of carbonyl (C=O) groups is 2. The molecule has 38 heavy (non-hydrogen) atoms. The van der Waals surface area contributed by atoms with Crippen molar-refractivity contribution in [3.8, 4) is 11.3 Å². The molecular formula is C31H28N4O3. The van der Waals surface area contributed by atoms with Crippen LogP contribution in [0.25, 0.3) is 22.3 Å². The van der Waals surface area contributed by atoms with E-state index in [0.29, 0.717) is 13.0 Å². The van der Waals surface area contributed by atoms with Gasteiger partial charge in [0.2, 0.25) is 5.91 Å². The van der Waals surface area contributed by atoms with Crippen LogP contribution in [-0.2, 0) is 21.5 Å². The van der Waals surface area contributed by atoms with Crippen molar-refractivity contribution in [2.24, 2.45) is 11.8 Å². The van der Waals surface area contributed by atoms with Crippen LogP contribution in [0.5, 0.6) is 0 Å². The normalized spacial score (nSPS) is 26.1. The van der Waals surface area contributed by atoms with Crippen molar-refractivity contribution in [1.29, 1.82) is 0 Å². The second-order valence-corrected chi connectivity index (χ2v) is 10.7. The molecule has 2 amide bonds. The monoisotopic (exact) mass is 504 g/mol. The summed E-state index contributed by atoms with van der Waals surface area (Å²) < 4.78 is 5.47. The van der Waals surface area contributed by atoms with Crippen LogP contribution >= 0.6 is 0 Å². The third-order valence-corrected chi connectivity index (χ3v) is 8.49. The number of nitrogens with zero attached hydrogens (tertiary/aromatic N) is 4. The summed E-state index contributed by atoms with van der Waals surface area (Å²) in [6.45, 7) is 2.97. The minimum Gasteiger partial charge on any atom is -0.447 e. The van der Waals surface area contributed by atoms with Gasteiger partial charge in [-0.2, -0.15) is 0 Å². The third kappa shape index (κ3) is 3.11. The molecular weight excluding hydrogens is 476 g/mol. The fourth-order valence-electron chi connectivity index (χ4n) is 6.97. The predicted molar refractivity (Wildman–Crippen MR) is 143 cm³/mol. The van der Waals surface area contributed by atoms with Crippen LogP contribution in [0.4, 0.5) is 4.79 Å². The van der Waals surface area contributed by atoms with E-state index in [0.717, 1.165) is 39.1 Å². The van der Waals surface area contributed by atoms with Crippen LogP contribution in [0.2, 0.25) is 0 Å². The molecule has 0 bridgehead atoms. The first-order valence-electron chi connectivity index (χ1n) is 13.1. The first-order chi connectivity index (χ1) is 18.5. The van der Waals surface area contributed by atoms with Crippen LogP contribution in [-0.4, -0.2) is 58.0 Å². The van der Waals surface area contributed by atoms with Crippen molar-refractivity contribution in [2.45, 2.75) is 24.9 Å². The minimum absolute atomic E-state index is 0.0226. The number of para-hydroxylation sites is 2. The van der Waals surface area contributed by atoms with Gasteiger partial charge >= 0.3 is 6.09 Å². The van der Waals surface area contributed by atoms with Crippen molar-refractivity contribution < 1.29 is 14.3 Å². The molecule has 0 saturated carbocycles. The standard InChI is InChI=1S/C31H28N4O3/c1-19-17-34(2)31(26(19)29(36)35-21(18-38-30(35)37)16-20-10-4-3-5-11-20)23-13-7-6-12-22(23)27-28(31)33-25-15-9-8-14-24(25)32-27/h3-15,19,21,26H,16-18H2,1-2H3/t19-,21+,26-,31+/m1/s1. The van der Waals surface area contributed by atoms with Crippen LogP contribution in [0.15, 0.2) is 78.9 Å². The third-order valence-electron chi connectivity index (χ3n) is 8.49. The molecule has 3 aliphatic rings. The molecule has 2 aliphatic heterocycles. The molecule has 3 heterocycles. The van der Waals surface area contributed by atoms with E-state index in [1.165, 1.54) is 4.90 Å². The summed E-state index contributed by atoms with van der Waals surface area (Å²) >= 11 is 0. The molecule has 0 N–H and O–H groups in total. The van der Waals surface area contributed by atoms with Gasteiger partial charge in [-0.25, -0.2) is 19.7 Å². The highest BCUT2D eigenvalue weighted by atomic mass is 16.6. The van der Waals surface area contributed by atoms with Crippen molar-refractivity contribution >= 4 is 23.0 Å². The number of hydrogen-bond donors (Lipinski definition) is 0. The molecule has 7 nitrogen and oxygen atoms in total. The quantitative estimate of drug-likeness (QED) is 0.405. The van der Waals surface area contributed by atoms with Crippen molar-refractivity contribution in [2.75, 3.05) is 20.2 Å². The number of fused-ring (bicyclic) bond motifs is 6. The number of likely N-dealkylation sites (tertiary alicyclic amines) is 1. The summed E-state index contributed by atoms with van der Waals surface area (Å²) in [5, 5.41) is 0. The van der Waals surface area contributed by atoms with E-state index in [9.17, 15) is 9.59 Å². The zero-order valence-electron chi connectivity index (χ0n) is 21.4. The number of cyclic esters (lactones) is 1. The summed E-state index contributed by atoms with van der Waals surface area (Å²) in [6.07, 6.45) is -0.0104. The van der Waals surface area contributed by atoms with Gasteiger partial charge in [0.15, 0.2) is 0 Å². The van der Waals surface area contributed by atoms with Gasteiger partial charge in [-0.05, 0) is 42.6 Å². The van der Waals surface area contributed by atoms with Gasteiger partial charge in [0, 0.05) is 12.1 Å². The summed E-state index contributed by atoms with van der Waals surface area (Å²) in [5.41, 5.74) is 5.44. The second kappa shape index (κ2) is 8.46. The van der Waals surface area contributed by atoms with Gasteiger partial charge in [-0.1, -0.05) is 73.7 Å². The van der Waals surface area contributed by atoms with Crippen molar-refractivity contribution in [3.05, 3.63) is 95.7 Å². The van der Waals surface area contributed by atoms with Crippen molar-refractivity contribution in [1.82, 2.24) is 19.8 Å². The second-order valence-electron chi connectivity index (χ2n) is 10.7. The van der Waals surface area contributed by atoms with Gasteiger partial charge in [0.05, 0.1) is 34.4 Å². The Morgan fingerprint density at radius 2 is 1.66 bits per heavy atom. The van der Waals surface area contributed by atoms with E-state index < -0.39 is 17.6 Å². The lowest BCUT2D eigenvalue weighted by molar-refractivity contribution is -0.136. The number of imide groups is 1. The van der Waals surface area contributed by atoms with Gasteiger partial charge in [-0.15, -0.1) is 0 Å². The van der Waals surface area contributed by atoms with Crippen molar-refractivity contribution in [3.63, 3.8) is 0 Å². The maximum Gasteiger partial charge on any atom is 0.416 e. The Hall–Kier alpha value is -4.10. The van der Waals surface area contributed by atoms with E-state index in [1.54, 1.807) is 0 Å². The molecule has 3 aromatic carbocycles. The zero-order chi connectivity index (χ0) is 26.0. The molecule has 7 heteroatoms. The Balaban J connectivity index is 1.39. The van der Waals surface area contributed by atoms with Gasteiger partial charge in [-0.3, -0.25) is 9.69 Å². The van der Waals surface area contributed by atoms with Crippen LogP contribution in [0.3, 0.4) is 0 Å². The highest BCUT2D eigenvalue weighted by Crippen LogP contribution is 2.58. The Labute approximate surface area is 221 Å². The number of rotatable bonds is 3. The van der Waals surface area contributed by atoms with Crippen LogP contribution < -0.4 is 0 Å². The largest absolute Gasteiger partial charge is 0.447 e. The highest BCUT2D eigenvalue weighted by Gasteiger charge is 2.63. The number of ether oxygens (including phenoxy) is 1. The molecule has 7 rings (SSSR count). The maximum absolute atomic E-state index is 14.6. The molecule has 4 atom stereocenters. The van der Waals surface area contributed by atoms with E-state index >= 15 is 0 Å². The Morgan fingerprint density at radius 1 is 0.974 bits per heavy atom. The maximum atomic E-state index is 14.6. The topological polar surface area (TPSA) is 75.6 Å². The number of amides is 2. The molecule has 1 aromatic heterocycles. The lowest BCUT2D eigenvalue weighted by Gasteiger charge is -2.39. The lowest BCUT2D eigenvalue weighted by atomic mass is 9.74. The van der Waals surface area contributed by atoms with Crippen LogP contribution in [0.1, 0.15) is 23.7 Å². The number of aromatic nitrogens is 2. The molecule has 1 spiro atoms. The molecule has 2 saturated heterocycles. The molecule has 190 valence electrons. The van der Waals surface area contributed by atoms with E-state index in [4.69, 9.17) is 14.7 Å². The Morgan fingerprint density at radius 3 is 2.45 bits per heavy atom. The first kappa shape index (κ1) is 23.0. The molecule has 1 aliphatic carbocycles. The fraction of sp³-hybridized carbons (Fsp3) is 0.290. The average molecular weight is 505 g/mol. The Bertz CT molecular complexity index is 1590. The van der Waals surface area contributed by atoms with Crippen LogP contribution in [0, 0.1) is 11.8 Å².